The number of carbonyl (C=O) groups excluding carboxylic acids is 2. The third-order valence-corrected chi connectivity index (χ3v) is 7.49. The first kappa shape index (κ1) is 21.7. The molecular weight excluding hydrogens is 419 g/mol. The molecule has 3 atom stereocenters. The van der Waals surface area contributed by atoms with Gasteiger partial charge in [-0.25, -0.2) is 4.39 Å². The fourth-order valence-corrected chi connectivity index (χ4v) is 5.88. The van der Waals surface area contributed by atoms with E-state index in [2.05, 4.69) is 19.1 Å². The molecule has 0 aliphatic carbocycles. The lowest BCUT2D eigenvalue weighted by Crippen LogP contribution is -2.60. The monoisotopic (exact) mass is 448 g/mol. The SMILES string of the molecule is CCc1cccc([C@@H](c2cccc(CC)c2F)[C@H]2[C@H]3CCCN3C(=O)C3=C(O)C(=O)CN32)c1. The summed E-state index contributed by atoms with van der Waals surface area (Å²) in [5, 5.41) is 10.5. The zero-order chi connectivity index (χ0) is 23.3. The molecule has 0 spiro atoms. The van der Waals surface area contributed by atoms with E-state index in [1.54, 1.807) is 15.9 Å². The number of hydrogen-bond acceptors (Lipinski definition) is 4. The number of piperazine rings is 1. The Morgan fingerprint density at radius 1 is 1.09 bits per heavy atom. The number of benzene rings is 2. The zero-order valence-corrected chi connectivity index (χ0v) is 19.1. The summed E-state index contributed by atoms with van der Waals surface area (Å²) < 4.78 is 15.8. The van der Waals surface area contributed by atoms with Crippen LogP contribution in [0.1, 0.15) is 54.9 Å². The van der Waals surface area contributed by atoms with Crippen molar-refractivity contribution in [3.8, 4) is 0 Å². The Balaban J connectivity index is 1.74. The third-order valence-electron chi connectivity index (χ3n) is 7.49. The highest BCUT2D eigenvalue weighted by atomic mass is 19.1. The molecule has 2 saturated heterocycles. The van der Waals surface area contributed by atoms with E-state index in [1.165, 1.54) is 0 Å². The molecule has 3 heterocycles. The molecule has 172 valence electrons. The molecule has 2 aromatic carbocycles. The highest BCUT2D eigenvalue weighted by Crippen LogP contribution is 2.45. The minimum Gasteiger partial charge on any atom is -0.503 e. The Labute approximate surface area is 193 Å². The van der Waals surface area contributed by atoms with Crippen LogP contribution < -0.4 is 0 Å². The van der Waals surface area contributed by atoms with Crippen molar-refractivity contribution in [1.82, 2.24) is 9.80 Å². The van der Waals surface area contributed by atoms with Crippen molar-refractivity contribution in [2.24, 2.45) is 0 Å². The largest absolute Gasteiger partial charge is 0.503 e. The lowest BCUT2D eigenvalue weighted by Gasteiger charge is -2.48. The second-order valence-electron chi connectivity index (χ2n) is 9.20. The molecule has 0 bridgehead atoms. The highest BCUT2D eigenvalue weighted by molar-refractivity contribution is 6.08. The lowest BCUT2D eigenvalue weighted by atomic mass is 9.77. The Hall–Kier alpha value is -3.15. The maximum atomic E-state index is 15.8. The molecule has 1 N–H and O–H groups in total. The first-order valence-electron chi connectivity index (χ1n) is 11.9. The van der Waals surface area contributed by atoms with Crippen molar-refractivity contribution in [3.05, 3.63) is 82.0 Å². The van der Waals surface area contributed by atoms with Crippen molar-refractivity contribution in [2.45, 2.75) is 57.5 Å². The van der Waals surface area contributed by atoms with Crippen LogP contribution in [0.4, 0.5) is 4.39 Å². The predicted octanol–water partition coefficient (Wildman–Crippen LogP) is 4.11. The van der Waals surface area contributed by atoms with Gasteiger partial charge in [0.2, 0.25) is 5.78 Å². The molecule has 33 heavy (non-hydrogen) atoms. The quantitative estimate of drug-likeness (QED) is 0.748. The molecule has 1 amide bonds. The van der Waals surface area contributed by atoms with Crippen LogP contribution in [0.15, 0.2) is 53.9 Å². The van der Waals surface area contributed by atoms with Crippen LogP contribution >= 0.6 is 0 Å². The number of aryl methyl sites for hydroxylation is 2. The summed E-state index contributed by atoms with van der Waals surface area (Å²) >= 11 is 0. The Morgan fingerprint density at radius 2 is 1.88 bits per heavy atom. The number of nitrogens with zero attached hydrogens (tertiary/aromatic N) is 2. The Morgan fingerprint density at radius 3 is 2.64 bits per heavy atom. The van der Waals surface area contributed by atoms with Gasteiger partial charge in [0.1, 0.15) is 11.5 Å². The molecule has 5 rings (SSSR count). The molecule has 2 aromatic rings. The number of carbonyl (C=O) groups is 2. The highest BCUT2D eigenvalue weighted by Gasteiger charge is 2.54. The van der Waals surface area contributed by atoms with Gasteiger partial charge in [0.05, 0.1) is 18.6 Å². The summed E-state index contributed by atoms with van der Waals surface area (Å²) in [6.07, 6.45) is 3.06. The van der Waals surface area contributed by atoms with Gasteiger partial charge in [0, 0.05) is 12.5 Å². The summed E-state index contributed by atoms with van der Waals surface area (Å²) in [5.74, 6) is -1.82. The first-order valence-corrected chi connectivity index (χ1v) is 11.9. The summed E-state index contributed by atoms with van der Waals surface area (Å²) in [4.78, 5) is 29.3. The molecule has 2 fully saturated rings. The van der Waals surface area contributed by atoms with E-state index in [4.69, 9.17) is 0 Å². The minimum absolute atomic E-state index is 0.0546. The smallest absolute Gasteiger partial charge is 0.274 e. The van der Waals surface area contributed by atoms with Crippen LogP contribution in [0.2, 0.25) is 0 Å². The molecule has 5 nitrogen and oxygen atoms in total. The van der Waals surface area contributed by atoms with Gasteiger partial charge < -0.3 is 14.9 Å². The topological polar surface area (TPSA) is 60.9 Å². The maximum Gasteiger partial charge on any atom is 0.274 e. The number of Topliss-reactive ketones (excluding diaryl/α,β-unsaturated/α-hetero) is 1. The molecule has 6 heteroatoms. The number of rotatable bonds is 5. The normalized spacial score (nSPS) is 23.2. The van der Waals surface area contributed by atoms with Gasteiger partial charge in [-0.15, -0.1) is 0 Å². The number of aliphatic hydroxyl groups excluding tert-OH is 1. The van der Waals surface area contributed by atoms with Crippen LogP contribution in [-0.4, -0.2) is 51.8 Å². The van der Waals surface area contributed by atoms with Crippen LogP contribution in [0.5, 0.6) is 0 Å². The van der Waals surface area contributed by atoms with E-state index < -0.39 is 17.5 Å². The molecular formula is C27H29FN2O3. The van der Waals surface area contributed by atoms with Gasteiger partial charge >= 0.3 is 0 Å². The van der Waals surface area contributed by atoms with E-state index in [0.717, 1.165) is 30.4 Å². The molecule has 0 radical (unpaired) electrons. The van der Waals surface area contributed by atoms with Crippen LogP contribution in [0, 0.1) is 5.82 Å². The van der Waals surface area contributed by atoms with Gasteiger partial charge in [-0.3, -0.25) is 9.59 Å². The van der Waals surface area contributed by atoms with Gasteiger partial charge in [-0.2, -0.15) is 0 Å². The van der Waals surface area contributed by atoms with Gasteiger partial charge in [0.15, 0.2) is 5.76 Å². The molecule has 0 aromatic heterocycles. The van der Waals surface area contributed by atoms with Gasteiger partial charge in [-0.1, -0.05) is 56.3 Å². The summed E-state index contributed by atoms with van der Waals surface area (Å²) in [6, 6.07) is 13.2. The fourth-order valence-electron chi connectivity index (χ4n) is 5.88. The summed E-state index contributed by atoms with van der Waals surface area (Å²) in [5.41, 5.74) is 3.41. The summed E-state index contributed by atoms with van der Waals surface area (Å²) in [7, 11) is 0. The van der Waals surface area contributed by atoms with E-state index >= 15 is 4.39 Å². The van der Waals surface area contributed by atoms with Crippen LogP contribution in [0.3, 0.4) is 0 Å². The average molecular weight is 449 g/mol. The van der Waals surface area contributed by atoms with Crippen molar-refractivity contribution in [2.75, 3.05) is 13.1 Å². The number of hydrogen-bond donors (Lipinski definition) is 1. The standard InChI is InChI=1S/C27H29FN2O3/c1-3-16-8-5-10-18(14-16)22(19-11-6-9-17(4-2)23(19)28)24-20-12-7-13-29(20)27(33)25-26(32)21(31)15-30(24)25/h5-6,8-11,14,20,22,24,32H,3-4,7,12-13,15H2,1-2H3/t20-,22+,24-/m1/s1. The average Bonchev–Trinajstić information content (AvgIpc) is 3.43. The number of halogens is 1. The van der Waals surface area contributed by atoms with E-state index in [-0.39, 0.29) is 36.0 Å². The predicted molar refractivity (Wildman–Crippen MR) is 123 cm³/mol. The molecule has 3 aliphatic heterocycles. The van der Waals surface area contributed by atoms with Crippen molar-refractivity contribution >= 4 is 11.7 Å². The zero-order valence-electron chi connectivity index (χ0n) is 19.1. The van der Waals surface area contributed by atoms with Crippen molar-refractivity contribution in [3.63, 3.8) is 0 Å². The number of fused-ring (bicyclic) bond motifs is 2. The van der Waals surface area contributed by atoms with Gasteiger partial charge in [0.25, 0.3) is 5.91 Å². The number of aliphatic hydroxyl groups is 1. The summed E-state index contributed by atoms with van der Waals surface area (Å²) in [6.45, 7) is 4.55. The van der Waals surface area contributed by atoms with E-state index in [9.17, 15) is 14.7 Å². The Kier molecular flexibility index (Phi) is 5.47. The Bertz CT molecular complexity index is 1160. The molecule has 0 saturated carbocycles. The number of amides is 1. The van der Waals surface area contributed by atoms with Crippen LogP contribution in [-0.2, 0) is 22.4 Å². The van der Waals surface area contributed by atoms with Crippen molar-refractivity contribution in [1.29, 1.82) is 0 Å². The fraction of sp³-hybridized carbons (Fsp3) is 0.407. The molecule has 0 unspecified atom stereocenters. The van der Waals surface area contributed by atoms with E-state index in [0.29, 0.717) is 24.1 Å². The lowest BCUT2D eigenvalue weighted by molar-refractivity contribution is -0.135. The number of ketones is 1. The van der Waals surface area contributed by atoms with Crippen molar-refractivity contribution < 1.29 is 19.1 Å². The second-order valence-corrected chi connectivity index (χ2v) is 9.20. The maximum absolute atomic E-state index is 15.8. The molecule has 3 aliphatic rings. The van der Waals surface area contributed by atoms with Gasteiger partial charge in [-0.05, 0) is 47.9 Å². The minimum atomic E-state index is -0.459. The van der Waals surface area contributed by atoms with Crippen LogP contribution in [0.25, 0.3) is 0 Å². The first-order chi connectivity index (χ1) is 16.0. The van der Waals surface area contributed by atoms with E-state index in [1.807, 2.05) is 31.2 Å². The second kappa shape index (κ2) is 8.32. The third kappa shape index (κ3) is 3.35.